The first-order chi connectivity index (χ1) is 6.91. The molecule has 0 spiro atoms. The predicted molar refractivity (Wildman–Crippen MR) is 59.3 cm³/mol. The normalized spacial score (nSPS) is 12.3. The molecule has 15 heavy (non-hydrogen) atoms. The lowest BCUT2D eigenvalue weighted by atomic mass is 9.85. The zero-order chi connectivity index (χ0) is 11.2. The van der Waals surface area contributed by atoms with Crippen LogP contribution in [0.5, 0.6) is 0 Å². The molecule has 0 aliphatic rings. The third-order valence-corrected chi connectivity index (χ3v) is 2.49. The third-order valence-electron chi connectivity index (χ3n) is 2.49. The second-order valence-corrected chi connectivity index (χ2v) is 4.71. The van der Waals surface area contributed by atoms with Crippen LogP contribution in [0.25, 0.3) is 11.0 Å². The van der Waals surface area contributed by atoms with Gasteiger partial charge in [0.1, 0.15) is 5.58 Å². The van der Waals surface area contributed by atoms with E-state index in [2.05, 4.69) is 0 Å². The van der Waals surface area contributed by atoms with Crippen LogP contribution in [0.15, 0.2) is 22.6 Å². The number of nitrogens with two attached hydrogens (primary N) is 1. The van der Waals surface area contributed by atoms with Gasteiger partial charge in [0.25, 0.3) is 0 Å². The average Bonchev–Trinajstić information content (AvgIpc) is 2.41. The van der Waals surface area contributed by atoms with Crippen LogP contribution in [0.2, 0.25) is 0 Å². The Morgan fingerprint density at radius 2 is 1.93 bits per heavy atom. The minimum atomic E-state index is -0.449. The van der Waals surface area contributed by atoms with Crippen LogP contribution in [0.4, 0.5) is 10.3 Å². The summed E-state index contributed by atoms with van der Waals surface area (Å²) < 4.78 is 18.9. The standard InChI is InChI=1S/C12H14FNO/c1-12(2,3)7-5-4-6-8-9(7)10(13)11(14)15-8/h4-6H,14H2,1-3H3. The Morgan fingerprint density at radius 1 is 1.27 bits per heavy atom. The molecule has 1 aromatic carbocycles. The van der Waals surface area contributed by atoms with Crippen LogP contribution in [0, 0.1) is 5.82 Å². The molecule has 0 amide bonds. The van der Waals surface area contributed by atoms with Gasteiger partial charge in [-0.1, -0.05) is 32.9 Å². The van der Waals surface area contributed by atoms with Crippen molar-refractivity contribution in [2.24, 2.45) is 0 Å². The molecule has 0 radical (unpaired) electrons. The molecule has 3 heteroatoms. The quantitative estimate of drug-likeness (QED) is 0.718. The molecule has 0 aliphatic heterocycles. The highest BCUT2D eigenvalue weighted by atomic mass is 19.1. The number of hydrogen-bond acceptors (Lipinski definition) is 2. The molecular formula is C12H14FNO. The van der Waals surface area contributed by atoms with Gasteiger partial charge in [0.05, 0.1) is 5.39 Å². The molecule has 0 unspecified atom stereocenters. The number of hydrogen-bond donors (Lipinski definition) is 1. The Balaban J connectivity index is 2.86. The van der Waals surface area contributed by atoms with Gasteiger partial charge >= 0.3 is 0 Å². The van der Waals surface area contributed by atoms with E-state index in [-0.39, 0.29) is 11.3 Å². The van der Waals surface area contributed by atoms with Gasteiger partial charge in [0, 0.05) is 0 Å². The first-order valence-corrected chi connectivity index (χ1v) is 4.88. The zero-order valence-corrected chi connectivity index (χ0v) is 9.10. The van der Waals surface area contributed by atoms with Crippen molar-refractivity contribution in [1.29, 1.82) is 0 Å². The maximum Gasteiger partial charge on any atom is 0.227 e. The number of furan rings is 1. The van der Waals surface area contributed by atoms with Gasteiger partial charge in [0.2, 0.25) is 5.88 Å². The number of anilines is 1. The highest BCUT2D eigenvalue weighted by Crippen LogP contribution is 2.35. The summed E-state index contributed by atoms with van der Waals surface area (Å²) in [6.45, 7) is 6.10. The SMILES string of the molecule is CC(C)(C)c1cccc2oc(N)c(F)c12. The van der Waals surface area contributed by atoms with E-state index in [1.54, 1.807) is 6.07 Å². The molecule has 2 N–H and O–H groups in total. The molecular weight excluding hydrogens is 193 g/mol. The lowest BCUT2D eigenvalue weighted by Crippen LogP contribution is -2.11. The van der Waals surface area contributed by atoms with Crippen LogP contribution >= 0.6 is 0 Å². The lowest BCUT2D eigenvalue weighted by Gasteiger charge is -2.19. The van der Waals surface area contributed by atoms with E-state index in [1.807, 2.05) is 32.9 Å². The fraction of sp³-hybridized carbons (Fsp3) is 0.333. The van der Waals surface area contributed by atoms with Gasteiger partial charge in [-0.05, 0) is 17.0 Å². The number of fused-ring (bicyclic) bond motifs is 1. The van der Waals surface area contributed by atoms with Gasteiger partial charge in [-0.3, -0.25) is 0 Å². The number of benzene rings is 1. The van der Waals surface area contributed by atoms with E-state index in [0.717, 1.165) is 5.56 Å². The second kappa shape index (κ2) is 2.99. The Morgan fingerprint density at radius 3 is 2.53 bits per heavy atom. The third kappa shape index (κ3) is 1.48. The van der Waals surface area contributed by atoms with Crippen LogP contribution in [-0.4, -0.2) is 0 Å². The van der Waals surface area contributed by atoms with Gasteiger partial charge in [-0.15, -0.1) is 0 Å². The Kier molecular flexibility index (Phi) is 2.00. The van der Waals surface area contributed by atoms with Crippen LogP contribution in [0.1, 0.15) is 26.3 Å². The molecule has 80 valence electrons. The number of halogens is 1. The second-order valence-electron chi connectivity index (χ2n) is 4.71. The van der Waals surface area contributed by atoms with Gasteiger partial charge < -0.3 is 10.2 Å². The smallest absolute Gasteiger partial charge is 0.227 e. The van der Waals surface area contributed by atoms with E-state index < -0.39 is 5.82 Å². The molecule has 1 aromatic heterocycles. The summed E-state index contributed by atoms with van der Waals surface area (Å²) in [5, 5.41) is 0.502. The van der Waals surface area contributed by atoms with Crippen molar-refractivity contribution < 1.29 is 8.81 Å². The van der Waals surface area contributed by atoms with E-state index >= 15 is 0 Å². The zero-order valence-electron chi connectivity index (χ0n) is 9.10. The molecule has 2 aromatic rings. The minimum Gasteiger partial charge on any atom is -0.438 e. The summed E-state index contributed by atoms with van der Waals surface area (Å²) in [4.78, 5) is 0. The average molecular weight is 207 g/mol. The first-order valence-electron chi connectivity index (χ1n) is 4.88. The van der Waals surface area contributed by atoms with Crippen molar-refractivity contribution in [2.45, 2.75) is 26.2 Å². The first kappa shape index (κ1) is 10.0. The fourth-order valence-corrected chi connectivity index (χ4v) is 1.75. The van der Waals surface area contributed by atoms with E-state index in [9.17, 15) is 4.39 Å². The van der Waals surface area contributed by atoms with Crippen molar-refractivity contribution >= 4 is 16.9 Å². The van der Waals surface area contributed by atoms with Crippen LogP contribution in [0.3, 0.4) is 0 Å². The van der Waals surface area contributed by atoms with Gasteiger partial charge in [0.15, 0.2) is 5.82 Å². The summed E-state index contributed by atoms with van der Waals surface area (Å²) in [5.74, 6) is -0.586. The largest absolute Gasteiger partial charge is 0.438 e. The van der Waals surface area contributed by atoms with E-state index in [1.165, 1.54) is 0 Å². The Labute approximate surface area is 87.9 Å². The summed E-state index contributed by atoms with van der Waals surface area (Å²) in [6, 6.07) is 5.48. The lowest BCUT2D eigenvalue weighted by molar-refractivity contribution is 0.576. The van der Waals surface area contributed by atoms with Crippen molar-refractivity contribution in [1.82, 2.24) is 0 Å². The highest BCUT2D eigenvalue weighted by Gasteiger charge is 2.22. The fourth-order valence-electron chi connectivity index (χ4n) is 1.75. The topological polar surface area (TPSA) is 39.2 Å². The van der Waals surface area contributed by atoms with E-state index in [4.69, 9.17) is 10.2 Å². The number of rotatable bonds is 0. The Hall–Kier alpha value is -1.51. The van der Waals surface area contributed by atoms with E-state index in [0.29, 0.717) is 11.0 Å². The van der Waals surface area contributed by atoms with Crippen LogP contribution < -0.4 is 5.73 Å². The minimum absolute atomic E-state index is 0.128. The molecule has 0 bridgehead atoms. The molecule has 0 fully saturated rings. The molecule has 0 saturated carbocycles. The van der Waals surface area contributed by atoms with Crippen molar-refractivity contribution in [3.63, 3.8) is 0 Å². The summed E-state index contributed by atoms with van der Waals surface area (Å²) in [6.07, 6.45) is 0. The molecule has 2 rings (SSSR count). The monoisotopic (exact) mass is 207 g/mol. The van der Waals surface area contributed by atoms with Crippen molar-refractivity contribution in [3.05, 3.63) is 29.6 Å². The van der Waals surface area contributed by atoms with Crippen molar-refractivity contribution in [3.8, 4) is 0 Å². The maximum absolute atomic E-state index is 13.7. The molecule has 0 aliphatic carbocycles. The van der Waals surface area contributed by atoms with Crippen LogP contribution in [-0.2, 0) is 5.41 Å². The van der Waals surface area contributed by atoms with Gasteiger partial charge in [-0.2, -0.15) is 0 Å². The molecule has 0 saturated heterocycles. The Bertz CT molecular complexity index is 508. The summed E-state index contributed by atoms with van der Waals surface area (Å²) >= 11 is 0. The summed E-state index contributed by atoms with van der Waals surface area (Å²) in [5.41, 5.74) is 6.72. The highest BCUT2D eigenvalue weighted by molar-refractivity contribution is 5.85. The maximum atomic E-state index is 13.7. The summed E-state index contributed by atoms with van der Waals surface area (Å²) in [7, 11) is 0. The van der Waals surface area contributed by atoms with Crippen molar-refractivity contribution in [2.75, 3.05) is 5.73 Å². The molecule has 1 heterocycles. The number of nitrogen functional groups attached to an aromatic ring is 1. The predicted octanol–water partition coefficient (Wildman–Crippen LogP) is 3.45. The van der Waals surface area contributed by atoms with Gasteiger partial charge in [-0.25, -0.2) is 4.39 Å². The molecule has 2 nitrogen and oxygen atoms in total. The molecule has 0 atom stereocenters.